The highest BCUT2D eigenvalue weighted by atomic mass is 16.5. The molecule has 12 heavy (non-hydrogen) atoms. The predicted molar refractivity (Wildman–Crippen MR) is 44.8 cm³/mol. The summed E-state index contributed by atoms with van der Waals surface area (Å²) < 4.78 is 5.37. The van der Waals surface area contributed by atoms with Gasteiger partial charge in [-0.15, -0.1) is 0 Å². The molecular weight excluding hydrogens is 152 g/mol. The number of nitrogens with zero attached hydrogens (tertiary/aromatic N) is 2. The van der Waals surface area contributed by atoms with Crippen LogP contribution in [0.3, 0.4) is 0 Å². The van der Waals surface area contributed by atoms with Crippen molar-refractivity contribution in [1.82, 2.24) is 9.97 Å². The molecule has 1 aliphatic rings. The third kappa shape index (κ3) is 1.20. The van der Waals surface area contributed by atoms with Gasteiger partial charge in [0.15, 0.2) is 0 Å². The highest BCUT2D eigenvalue weighted by Gasteiger charge is 2.18. The summed E-state index contributed by atoms with van der Waals surface area (Å²) in [5.74, 6) is 1.26. The Kier molecular flexibility index (Phi) is 1.81. The monoisotopic (exact) mass is 164 g/mol. The van der Waals surface area contributed by atoms with E-state index in [1.807, 2.05) is 13.1 Å². The zero-order valence-corrected chi connectivity index (χ0v) is 7.37. The van der Waals surface area contributed by atoms with Crippen molar-refractivity contribution < 1.29 is 4.74 Å². The van der Waals surface area contributed by atoms with E-state index in [1.54, 1.807) is 0 Å². The quantitative estimate of drug-likeness (QED) is 0.581. The van der Waals surface area contributed by atoms with Crippen LogP contribution in [-0.2, 0) is 11.3 Å². The van der Waals surface area contributed by atoms with Crippen LogP contribution in [0.4, 0.5) is 0 Å². The molecule has 0 aromatic carbocycles. The van der Waals surface area contributed by atoms with Crippen molar-refractivity contribution in [2.24, 2.45) is 0 Å². The smallest absolute Gasteiger partial charge is 0.125 e. The minimum absolute atomic E-state index is 0.412. The Morgan fingerprint density at radius 2 is 2.42 bits per heavy atom. The molecule has 0 fully saturated rings. The average Bonchev–Trinajstić information content (AvgIpc) is 2.07. The largest absolute Gasteiger partial charge is 0.376 e. The van der Waals surface area contributed by atoms with Gasteiger partial charge in [-0.25, -0.2) is 9.97 Å². The van der Waals surface area contributed by atoms with Crippen LogP contribution in [0, 0.1) is 6.92 Å². The van der Waals surface area contributed by atoms with E-state index >= 15 is 0 Å². The second-order valence-electron chi connectivity index (χ2n) is 3.24. The molecule has 1 atom stereocenters. The lowest BCUT2D eigenvalue weighted by Crippen LogP contribution is -2.17. The SMILES string of the molecule is Cc1ncc2c(n1)C(C)COC2. The highest BCUT2D eigenvalue weighted by molar-refractivity contribution is 5.22. The molecule has 0 bridgehead atoms. The second-order valence-corrected chi connectivity index (χ2v) is 3.24. The van der Waals surface area contributed by atoms with Crippen LogP contribution in [0.2, 0.25) is 0 Å². The molecule has 3 heteroatoms. The maximum absolute atomic E-state index is 5.37. The Labute approximate surface area is 71.8 Å². The average molecular weight is 164 g/mol. The van der Waals surface area contributed by atoms with E-state index in [-0.39, 0.29) is 0 Å². The Bertz CT molecular complexity index is 299. The van der Waals surface area contributed by atoms with Crippen LogP contribution in [0.1, 0.15) is 29.9 Å². The van der Waals surface area contributed by atoms with Gasteiger partial charge in [-0.2, -0.15) is 0 Å². The zero-order valence-electron chi connectivity index (χ0n) is 7.37. The Morgan fingerprint density at radius 3 is 3.25 bits per heavy atom. The first-order chi connectivity index (χ1) is 5.77. The van der Waals surface area contributed by atoms with Crippen molar-refractivity contribution in [3.05, 3.63) is 23.3 Å². The van der Waals surface area contributed by atoms with Gasteiger partial charge < -0.3 is 4.74 Å². The van der Waals surface area contributed by atoms with E-state index in [1.165, 1.54) is 0 Å². The number of rotatable bonds is 0. The molecule has 3 nitrogen and oxygen atoms in total. The van der Waals surface area contributed by atoms with E-state index in [0.717, 1.165) is 23.7 Å². The molecule has 1 aromatic heterocycles. The van der Waals surface area contributed by atoms with Crippen LogP contribution in [0.25, 0.3) is 0 Å². The fraction of sp³-hybridized carbons (Fsp3) is 0.556. The number of aromatic nitrogens is 2. The predicted octanol–water partition coefficient (Wildman–Crippen LogP) is 1.42. The van der Waals surface area contributed by atoms with Gasteiger partial charge in [-0.3, -0.25) is 0 Å². The molecule has 0 aliphatic carbocycles. The van der Waals surface area contributed by atoms with E-state index in [0.29, 0.717) is 12.5 Å². The van der Waals surface area contributed by atoms with Gasteiger partial charge in [-0.05, 0) is 6.92 Å². The van der Waals surface area contributed by atoms with Gasteiger partial charge in [0.25, 0.3) is 0 Å². The highest BCUT2D eigenvalue weighted by Crippen LogP contribution is 2.23. The fourth-order valence-corrected chi connectivity index (χ4v) is 1.47. The summed E-state index contributed by atoms with van der Waals surface area (Å²) in [5.41, 5.74) is 2.30. The number of fused-ring (bicyclic) bond motifs is 1. The van der Waals surface area contributed by atoms with Crippen LogP contribution in [0.5, 0.6) is 0 Å². The number of aryl methyl sites for hydroxylation is 1. The van der Waals surface area contributed by atoms with Crippen molar-refractivity contribution in [3.8, 4) is 0 Å². The molecule has 0 amide bonds. The summed E-state index contributed by atoms with van der Waals surface area (Å²) in [4.78, 5) is 8.54. The van der Waals surface area contributed by atoms with Crippen LogP contribution >= 0.6 is 0 Å². The molecule has 0 saturated heterocycles. The lowest BCUT2D eigenvalue weighted by atomic mass is 10.0. The lowest BCUT2D eigenvalue weighted by Gasteiger charge is -2.20. The van der Waals surface area contributed by atoms with Crippen LogP contribution in [0.15, 0.2) is 6.20 Å². The molecule has 0 N–H and O–H groups in total. The lowest BCUT2D eigenvalue weighted by molar-refractivity contribution is 0.0927. The van der Waals surface area contributed by atoms with Gasteiger partial charge in [-0.1, -0.05) is 6.92 Å². The molecule has 0 saturated carbocycles. The number of hydrogen-bond donors (Lipinski definition) is 0. The molecule has 2 heterocycles. The third-order valence-electron chi connectivity index (χ3n) is 2.11. The second kappa shape index (κ2) is 2.83. The molecule has 2 rings (SSSR count). The summed E-state index contributed by atoms with van der Waals surface area (Å²) in [6.07, 6.45) is 1.87. The first-order valence-electron chi connectivity index (χ1n) is 4.17. The Balaban J connectivity index is 2.47. The maximum atomic E-state index is 5.37. The normalized spacial score (nSPS) is 22.0. The molecule has 64 valence electrons. The van der Waals surface area contributed by atoms with Crippen molar-refractivity contribution in [1.29, 1.82) is 0 Å². The Morgan fingerprint density at radius 1 is 1.58 bits per heavy atom. The van der Waals surface area contributed by atoms with Crippen molar-refractivity contribution in [2.45, 2.75) is 26.4 Å². The molecule has 1 aliphatic heterocycles. The van der Waals surface area contributed by atoms with Crippen molar-refractivity contribution in [2.75, 3.05) is 6.61 Å². The molecule has 1 unspecified atom stereocenters. The van der Waals surface area contributed by atoms with E-state index < -0.39 is 0 Å². The summed E-state index contributed by atoms with van der Waals surface area (Å²) in [6.45, 7) is 5.50. The summed E-state index contributed by atoms with van der Waals surface area (Å²) >= 11 is 0. The maximum Gasteiger partial charge on any atom is 0.125 e. The van der Waals surface area contributed by atoms with Crippen molar-refractivity contribution >= 4 is 0 Å². The first-order valence-corrected chi connectivity index (χ1v) is 4.17. The van der Waals surface area contributed by atoms with E-state index in [4.69, 9.17) is 4.74 Å². The van der Waals surface area contributed by atoms with Crippen molar-refractivity contribution in [3.63, 3.8) is 0 Å². The first kappa shape index (κ1) is 7.68. The summed E-state index contributed by atoms with van der Waals surface area (Å²) in [7, 11) is 0. The number of ether oxygens (including phenoxy) is 1. The summed E-state index contributed by atoms with van der Waals surface area (Å²) in [6, 6.07) is 0. The zero-order chi connectivity index (χ0) is 8.55. The van der Waals surface area contributed by atoms with E-state index in [2.05, 4.69) is 16.9 Å². The Hall–Kier alpha value is -0.960. The van der Waals surface area contributed by atoms with Gasteiger partial charge >= 0.3 is 0 Å². The van der Waals surface area contributed by atoms with E-state index in [9.17, 15) is 0 Å². The van der Waals surface area contributed by atoms with Crippen LogP contribution < -0.4 is 0 Å². The molecule has 0 spiro atoms. The van der Waals surface area contributed by atoms with Gasteiger partial charge in [0.05, 0.1) is 18.9 Å². The number of hydrogen-bond acceptors (Lipinski definition) is 3. The standard InChI is InChI=1S/C9H12N2O/c1-6-4-12-5-8-3-10-7(2)11-9(6)8/h3,6H,4-5H2,1-2H3. The minimum Gasteiger partial charge on any atom is -0.376 e. The topological polar surface area (TPSA) is 35.0 Å². The minimum atomic E-state index is 0.412. The molecule has 0 radical (unpaired) electrons. The molecule has 1 aromatic rings. The van der Waals surface area contributed by atoms with Crippen LogP contribution in [-0.4, -0.2) is 16.6 Å². The van der Waals surface area contributed by atoms with Gasteiger partial charge in [0.1, 0.15) is 5.82 Å². The summed E-state index contributed by atoms with van der Waals surface area (Å²) in [5, 5.41) is 0. The van der Waals surface area contributed by atoms with Gasteiger partial charge in [0.2, 0.25) is 0 Å². The fourth-order valence-electron chi connectivity index (χ4n) is 1.47. The third-order valence-corrected chi connectivity index (χ3v) is 2.11. The molecular formula is C9H12N2O. The van der Waals surface area contributed by atoms with Gasteiger partial charge in [0, 0.05) is 17.7 Å².